The third kappa shape index (κ3) is 2.07. The predicted octanol–water partition coefficient (Wildman–Crippen LogP) is 2.69. The van der Waals surface area contributed by atoms with Crippen LogP contribution in [0.4, 0.5) is 5.82 Å². The monoisotopic (exact) mass is 264 g/mol. The van der Waals surface area contributed by atoms with E-state index in [2.05, 4.69) is 41.6 Å². The van der Waals surface area contributed by atoms with Crippen LogP contribution in [0.15, 0.2) is 0 Å². The summed E-state index contributed by atoms with van der Waals surface area (Å²) in [6.45, 7) is 9.28. The highest BCUT2D eigenvalue weighted by Gasteiger charge is 2.17. The first kappa shape index (κ1) is 13.2. The van der Waals surface area contributed by atoms with Crippen molar-refractivity contribution < 1.29 is 0 Å². The van der Waals surface area contributed by atoms with Crippen molar-refractivity contribution in [3.05, 3.63) is 17.1 Å². The Morgan fingerprint density at radius 1 is 1.28 bits per heavy atom. The van der Waals surface area contributed by atoms with Crippen molar-refractivity contribution in [2.24, 2.45) is 0 Å². The van der Waals surface area contributed by atoms with Crippen molar-refractivity contribution in [1.82, 2.24) is 14.5 Å². The van der Waals surface area contributed by atoms with Crippen LogP contribution in [0, 0.1) is 20.8 Å². The molecule has 0 saturated heterocycles. The van der Waals surface area contributed by atoms with Crippen molar-refractivity contribution in [2.75, 3.05) is 12.0 Å². The van der Waals surface area contributed by atoms with Gasteiger partial charge in [-0.1, -0.05) is 6.92 Å². The van der Waals surface area contributed by atoms with Crippen LogP contribution in [0.3, 0.4) is 0 Å². The van der Waals surface area contributed by atoms with Crippen molar-refractivity contribution in [2.45, 2.75) is 39.5 Å². The molecule has 2 rings (SSSR count). The molecule has 0 aliphatic carbocycles. The number of fused-ring (bicyclic) bond motifs is 1. The Hall–Kier alpha value is -1.23. The van der Waals surface area contributed by atoms with E-state index >= 15 is 0 Å². The average Bonchev–Trinajstić information content (AvgIpc) is 2.54. The molecule has 2 N–H and O–H groups in total. The van der Waals surface area contributed by atoms with Gasteiger partial charge in [-0.25, -0.2) is 9.97 Å². The Morgan fingerprint density at radius 3 is 2.56 bits per heavy atom. The van der Waals surface area contributed by atoms with Crippen molar-refractivity contribution in [1.29, 1.82) is 0 Å². The van der Waals surface area contributed by atoms with Crippen LogP contribution >= 0.6 is 11.8 Å². The first-order valence-corrected chi connectivity index (χ1v) is 7.36. The van der Waals surface area contributed by atoms with Crippen LogP contribution in [0.25, 0.3) is 11.0 Å². The van der Waals surface area contributed by atoms with Gasteiger partial charge in [-0.2, -0.15) is 11.8 Å². The number of hydrogen-bond acceptors (Lipinski definition) is 4. The maximum absolute atomic E-state index is 6.03. The standard InChI is InChI=1S/C13H20N4S/c1-7(18-5)6-17-9(3)8(2)11-12(14)15-10(4)16-13(11)17/h7H,6H2,1-5H3,(H2,14,15,16). The minimum atomic E-state index is 0.551. The smallest absolute Gasteiger partial charge is 0.146 e. The summed E-state index contributed by atoms with van der Waals surface area (Å²) < 4.78 is 2.26. The zero-order valence-corrected chi connectivity index (χ0v) is 12.4. The third-order valence-corrected chi connectivity index (χ3v) is 4.40. The molecule has 0 spiro atoms. The molecule has 0 amide bonds. The number of rotatable bonds is 3. The summed E-state index contributed by atoms with van der Waals surface area (Å²) in [5.74, 6) is 1.32. The molecule has 0 bridgehead atoms. The second-order valence-electron chi connectivity index (χ2n) is 4.72. The van der Waals surface area contributed by atoms with Crippen molar-refractivity contribution in [3.63, 3.8) is 0 Å². The maximum Gasteiger partial charge on any atom is 0.146 e. The van der Waals surface area contributed by atoms with E-state index in [4.69, 9.17) is 5.73 Å². The fourth-order valence-corrected chi connectivity index (χ4v) is 2.53. The Morgan fingerprint density at radius 2 is 1.94 bits per heavy atom. The average molecular weight is 264 g/mol. The molecule has 4 nitrogen and oxygen atoms in total. The first-order chi connectivity index (χ1) is 8.45. The van der Waals surface area contributed by atoms with Gasteiger partial charge in [-0.05, 0) is 32.6 Å². The summed E-state index contributed by atoms with van der Waals surface area (Å²) in [5, 5.41) is 1.56. The minimum Gasteiger partial charge on any atom is -0.383 e. The van der Waals surface area contributed by atoms with Gasteiger partial charge in [0, 0.05) is 17.5 Å². The summed E-state index contributed by atoms with van der Waals surface area (Å²) in [6, 6.07) is 0. The zero-order chi connectivity index (χ0) is 13.4. The molecule has 0 aliphatic rings. The summed E-state index contributed by atoms with van der Waals surface area (Å²) in [5.41, 5.74) is 9.43. The van der Waals surface area contributed by atoms with Crippen LogP contribution < -0.4 is 5.73 Å². The lowest BCUT2D eigenvalue weighted by Gasteiger charge is -2.12. The van der Waals surface area contributed by atoms with E-state index in [9.17, 15) is 0 Å². The van der Waals surface area contributed by atoms with Gasteiger partial charge in [-0.3, -0.25) is 0 Å². The minimum absolute atomic E-state index is 0.551. The van der Waals surface area contributed by atoms with Gasteiger partial charge in [0.05, 0.1) is 5.39 Å². The number of aromatic nitrogens is 3. The van der Waals surface area contributed by atoms with Crippen LogP contribution in [0.2, 0.25) is 0 Å². The molecule has 0 aliphatic heterocycles. The molecular weight excluding hydrogens is 244 g/mol. The van der Waals surface area contributed by atoms with E-state index in [0.29, 0.717) is 11.1 Å². The van der Waals surface area contributed by atoms with Crippen LogP contribution in [0.5, 0.6) is 0 Å². The molecule has 0 saturated carbocycles. The molecule has 2 aromatic rings. The van der Waals surface area contributed by atoms with Crippen LogP contribution in [-0.2, 0) is 6.54 Å². The Balaban J connectivity index is 2.69. The number of nitrogens with two attached hydrogens (primary N) is 1. The van der Waals surface area contributed by atoms with Gasteiger partial charge in [0.2, 0.25) is 0 Å². The molecule has 1 atom stereocenters. The van der Waals surface area contributed by atoms with Gasteiger partial charge in [-0.15, -0.1) is 0 Å². The number of nitrogen functional groups attached to an aromatic ring is 1. The fourth-order valence-electron chi connectivity index (χ4n) is 2.23. The van der Waals surface area contributed by atoms with E-state index in [1.807, 2.05) is 18.7 Å². The number of aryl methyl sites for hydroxylation is 2. The summed E-state index contributed by atoms with van der Waals surface area (Å²) in [6.07, 6.45) is 2.13. The molecule has 2 aromatic heterocycles. The molecule has 98 valence electrons. The number of hydrogen-bond donors (Lipinski definition) is 1. The number of thioether (sulfide) groups is 1. The van der Waals surface area contributed by atoms with E-state index in [1.54, 1.807) is 0 Å². The lowest BCUT2D eigenvalue weighted by Crippen LogP contribution is -2.11. The molecule has 0 radical (unpaired) electrons. The molecule has 0 aromatic carbocycles. The van der Waals surface area contributed by atoms with Crippen molar-refractivity contribution in [3.8, 4) is 0 Å². The lowest BCUT2D eigenvalue weighted by atomic mass is 10.2. The highest BCUT2D eigenvalue weighted by atomic mass is 32.2. The first-order valence-electron chi connectivity index (χ1n) is 6.08. The Kier molecular flexibility index (Phi) is 3.52. The summed E-state index contributed by atoms with van der Waals surface area (Å²) in [7, 11) is 0. The Labute approximate surface area is 112 Å². The molecule has 5 heteroatoms. The molecule has 0 fully saturated rings. The number of nitrogens with zero attached hydrogens (tertiary/aromatic N) is 3. The van der Waals surface area contributed by atoms with E-state index in [1.165, 1.54) is 11.3 Å². The molecule has 1 unspecified atom stereocenters. The Bertz CT molecular complexity index is 588. The quantitative estimate of drug-likeness (QED) is 0.926. The topological polar surface area (TPSA) is 56.7 Å². The van der Waals surface area contributed by atoms with Gasteiger partial charge in [0.15, 0.2) is 0 Å². The van der Waals surface area contributed by atoms with Gasteiger partial charge in [0.1, 0.15) is 17.3 Å². The van der Waals surface area contributed by atoms with Crippen molar-refractivity contribution >= 4 is 28.6 Å². The van der Waals surface area contributed by atoms with Gasteiger partial charge < -0.3 is 10.3 Å². The summed E-state index contributed by atoms with van der Waals surface area (Å²) >= 11 is 1.86. The summed E-state index contributed by atoms with van der Waals surface area (Å²) in [4.78, 5) is 8.83. The van der Waals surface area contributed by atoms with E-state index < -0.39 is 0 Å². The third-order valence-electron chi connectivity index (χ3n) is 3.45. The van der Waals surface area contributed by atoms with Gasteiger partial charge >= 0.3 is 0 Å². The van der Waals surface area contributed by atoms with Crippen LogP contribution in [-0.4, -0.2) is 26.0 Å². The van der Waals surface area contributed by atoms with Gasteiger partial charge in [0.25, 0.3) is 0 Å². The molecule has 2 heterocycles. The number of anilines is 1. The van der Waals surface area contributed by atoms with E-state index in [0.717, 1.165) is 23.4 Å². The largest absolute Gasteiger partial charge is 0.383 e. The predicted molar refractivity (Wildman–Crippen MR) is 79.1 cm³/mol. The van der Waals surface area contributed by atoms with E-state index in [-0.39, 0.29) is 0 Å². The molecular formula is C13H20N4S. The SMILES string of the molecule is CSC(C)Cn1c(C)c(C)c2c(N)nc(C)nc21. The highest BCUT2D eigenvalue weighted by molar-refractivity contribution is 7.99. The fraction of sp³-hybridized carbons (Fsp3) is 0.538. The second kappa shape index (κ2) is 4.80. The zero-order valence-electron chi connectivity index (χ0n) is 11.6. The lowest BCUT2D eigenvalue weighted by molar-refractivity contribution is 0.690. The van der Waals surface area contributed by atoms with Crippen LogP contribution in [0.1, 0.15) is 24.0 Å². The highest BCUT2D eigenvalue weighted by Crippen LogP contribution is 2.28. The second-order valence-corrected chi connectivity index (χ2v) is 6.00. The maximum atomic E-state index is 6.03. The molecule has 18 heavy (non-hydrogen) atoms. The normalized spacial score (nSPS) is 13.2.